The van der Waals surface area contributed by atoms with Crippen molar-refractivity contribution < 1.29 is 13.2 Å². The number of amides is 1. The average Bonchev–Trinajstić information content (AvgIpc) is 2.43. The summed E-state index contributed by atoms with van der Waals surface area (Å²) in [7, 11) is -3.18. The van der Waals surface area contributed by atoms with Crippen molar-refractivity contribution in [2.24, 2.45) is 0 Å². The first-order valence-corrected chi connectivity index (χ1v) is 9.00. The maximum Gasteiger partial charge on any atom is 0.219 e. The standard InChI is InChI=1S/C14H26N2O3S/c1-3-20(18,19)15-10-12-16(13(2)17)11-9-14-7-5-4-6-8-14/h7,15H,3-6,8-12H2,1-2H3. The third kappa shape index (κ3) is 6.52. The Morgan fingerprint density at radius 1 is 1.35 bits per heavy atom. The minimum absolute atomic E-state index is 0.00268. The molecular formula is C14H26N2O3S. The van der Waals surface area contributed by atoms with Crippen LogP contribution in [0.5, 0.6) is 0 Å². The van der Waals surface area contributed by atoms with E-state index >= 15 is 0 Å². The topological polar surface area (TPSA) is 66.5 Å². The molecule has 0 aromatic carbocycles. The van der Waals surface area contributed by atoms with Gasteiger partial charge in [-0.05, 0) is 39.0 Å². The van der Waals surface area contributed by atoms with Crippen LogP contribution in [0.4, 0.5) is 0 Å². The second kappa shape index (κ2) is 8.42. The number of rotatable bonds is 8. The van der Waals surface area contributed by atoms with Gasteiger partial charge in [-0.15, -0.1) is 0 Å². The van der Waals surface area contributed by atoms with Gasteiger partial charge < -0.3 is 4.90 Å². The molecule has 0 aromatic heterocycles. The van der Waals surface area contributed by atoms with Crippen LogP contribution in [0.25, 0.3) is 0 Å². The molecule has 0 saturated carbocycles. The fourth-order valence-corrected chi connectivity index (χ4v) is 2.88. The molecule has 20 heavy (non-hydrogen) atoms. The zero-order valence-corrected chi connectivity index (χ0v) is 13.3. The summed E-state index contributed by atoms with van der Waals surface area (Å²) < 4.78 is 25.2. The summed E-state index contributed by atoms with van der Waals surface area (Å²) in [4.78, 5) is 13.3. The van der Waals surface area contributed by atoms with E-state index in [1.807, 2.05) is 0 Å². The highest BCUT2D eigenvalue weighted by Crippen LogP contribution is 2.20. The molecule has 0 bridgehead atoms. The van der Waals surface area contributed by atoms with Crippen LogP contribution in [0.2, 0.25) is 0 Å². The molecule has 1 aliphatic rings. The van der Waals surface area contributed by atoms with Gasteiger partial charge >= 0.3 is 0 Å². The number of carbonyl (C=O) groups is 1. The molecule has 0 spiro atoms. The van der Waals surface area contributed by atoms with E-state index in [0.717, 1.165) is 19.3 Å². The first-order chi connectivity index (χ1) is 9.44. The van der Waals surface area contributed by atoms with Crippen LogP contribution in [0.15, 0.2) is 11.6 Å². The third-order valence-corrected chi connectivity index (χ3v) is 5.02. The van der Waals surface area contributed by atoms with Gasteiger partial charge in [-0.25, -0.2) is 13.1 Å². The highest BCUT2D eigenvalue weighted by molar-refractivity contribution is 7.89. The monoisotopic (exact) mass is 302 g/mol. The lowest BCUT2D eigenvalue weighted by molar-refractivity contribution is -0.128. The molecule has 0 fully saturated rings. The fraction of sp³-hybridized carbons (Fsp3) is 0.786. The Bertz CT molecular complexity index is 443. The fourth-order valence-electron chi connectivity index (χ4n) is 2.28. The number of nitrogens with one attached hydrogen (secondary N) is 1. The summed E-state index contributed by atoms with van der Waals surface area (Å²) in [6.45, 7) is 4.52. The van der Waals surface area contributed by atoms with Crippen molar-refractivity contribution in [3.63, 3.8) is 0 Å². The SMILES string of the molecule is CCS(=O)(=O)NCCN(CCC1=CCCCC1)C(C)=O. The summed E-state index contributed by atoms with van der Waals surface area (Å²) in [6, 6.07) is 0. The Kier molecular flexibility index (Phi) is 7.23. The van der Waals surface area contributed by atoms with E-state index in [4.69, 9.17) is 0 Å². The van der Waals surface area contributed by atoms with E-state index in [-0.39, 0.29) is 18.2 Å². The van der Waals surface area contributed by atoms with E-state index in [1.165, 1.54) is 25.3 Å². The van der Waals surface area contributed by atoms with Gasteiger partial charge in [0.1, 0.15) is 0 Å². The van der Waals surface area contributed by atoms with Gasteiger partial charge in [-0.3, -0.25) is 4.79 Å². The maximum atomic E-state index is 11.6. The van der Waals surface area contributed by atoms with Crippen LogP contribution in [0, 0.1) is 0 Å². The Labute approximate surface area is 122 Å². The smallest absolute Gasteiger partial charge is 0.219 e. The summed E-state index contributed by atoms with van der Waals surface area (Å²) in [5.41, 5.74) is 1.43. The number of hydrogen-bond donors (Lipinski definition) is 1. The molecule has 1 rings (SSSR count). The Morgan fingerprint density at radius 3 is 2.65 bits per heavy atom. The molecule has 0 radical (unpaired) electrons. The quantitative estimate of drug-likeness (QED) is 0.694. The van der Waals surface area contributed by atoms with Gasteiger partial charge in [0.2, 0.25) is 15.9 Å². The second-order valence-corrected chi connectivity index (χ2v) is 7.26. The van der Waals surface area contributed by atoms with Crippen LogP contribution < -0.4 is 4.72 Å². The minimum atomic E-state index is -3.18. The van der Waals surface area contributed by atoms with E-state index < -0.39 is 10.0 Å². The molecule has 0 aromatic rings. The van der Waals surface area contributed by atoms with E-state index in [1.54, 1.807) is 11.8 Å². The zero-order valence-electron chi connectivity index (χ0n) is 12.5. The van der Waals surface area contributed by atoms with Gasteiger partial charge in [-0.2, -0.15) is 0 Å². The normalized spacial score (nSPS) is 15.8. The molecule has 0 unspecified atom stereocenters. The summed E-state index contributed by atoms with van der Waals surface area (Å²) in [5.74, 6) is 0.0667. The minimum Gasteiger partial charge on any atom is -0.341 e. The van der Waals surface area contributed by atoms with Crippen LogP contribution >= 0.6 is 0 Å². The second-order valence-electron chi connectivity index (χ2n) is 5.16. The van der Waals surface area contributed by atoms with Gasteiger partial charge in [0.05, 0.1) is 5.75 Å². The average molecular weight is 302 g/mol. The lowest BCUT2D eigenvalue weighted by Gasteiger charge is -2.22. The summed E-state index contributed by atoms with van der Waals surface area (Å²) in [5, 5.41) is 0. The molecule has 6 heteroatoms. The molecule has 1 amide bonds. The number of sulfonamides is 1. The van der Waals surface area contributed by atoms with Gasteiger partial charge in [-0.1, -0.05) is 11.6 Å². The maximum absolute atomic E-state index is 11.6. The van der Waals surface area contributed by atoms with Crippen molar-refractivity contribution in [1.29, 1.82) is 0 Å². The molecule has 116 valence electrons. The van der Waals surface area contributed by atoms with Gasteiger partial charge in [0.15, 0.2) is 0 Å². The molecule has 5 nitrogen and oxygen atoms in total. The Balaban J connectivity index is 2.37. The summed E-state index contributed by atoms with van der Waals surface area (Å²) >= 11 is 0. The van der Waals surface area contributed by atoms with Crippen molar-refractivity contribution in [2.45, 2.75) is 46.0 Å². The largest absolute Gasteiger partial charge is 0.341 e. The van der Waals surface area contributed by atoms with E-state index in [0.29, 0.717) is 13.1 Å². The third-order valence-electron chi connectivity index (χ3n) is 3.62. The van der Waals surface area contributed by atoms with Crippen molar-refractivity contribution in [2.75, 3.05) is 25.4 Å². The molecular weight excluding hydrogens is 276 g/mol. The van der Waals surface area contributed by atoms with E-state index in [2.05, 4.69) is 10.8 Å². The van der Waals surface area contributed by atoms with Gasteiger partial charge in [0.25, 0.3) is 0 Å². The predicted molar refractivity (Wildman–Crippen MR) is 80.9 cm³/mol. The highest BCUT2D eigenvalue weighted by atomic mass is 32.2. The van der Waals surface area contributed by atoms with Crippen LogP contribution in [0.1, 0.15) is 46.0 Å². The Hall–Kier alpha value is -0.880. The van der Waals surface area contributed by atoms with Crippen molar-refractivity contribution in [3.8, 4) is 0 Å². The van der Waals surface area contributed by atoms with Crippen LogP contribution in [-0.4, -0.2) is 44.6 Å². The molecule has 0 atom stereocenters. The molecule has 1 N–H and O–H groups in total. The number of allylic oxidation sites excluding steroid dienone is 1. The number of carbonyl (C=O) groups excluding carboxylic acids is 1. The molecule has 0 saturated heterocycles. The number of hydrogen-bond acceptors (Lipinski definition) is 3. The highest BCUT2D eigenvalue weighted by Gasteiger charge is 2.12. The van der Waals surface area contributed by atoms with Crippen molar-refractivity contribution >= 4 is 15.9 Å². The van der Waals surface area contributed by atoms with Crippen molar-refractivity contribution in [1.82, 2.24) is 9.62 Å². The number of nitrogens with zero attached hydrogens (tertiary/aromatic N) is 1. The molecule has 1 aliphatic carbocycles. The lowest BCUT2D eigenvalue weighted by atomic mass is 9.97. The van der Waals surface area contributed by atoms with Gasteiger partial charge in [0, 0.05) is 26.6 Å². The van der Waals surface area contributed by atoms with Crippen LogP contribution in [0.3, 0.4) is 0 Å². The molecule has 0 aliphatic heterocycles. The van der Waals surface area contributed by atoms with Crippen LogP contribution in [-0.2, 0) is 14.8 Å². The first kappa shape index (κ1) is 17.2. The predicted octanol–water partition coefficient (Wildman–Crippen LogP) is 1.66. The lowest BCUT2D eigenvalue weighted by Crippen LogP contribution is -2.38. The summed E-state index contributed by atoms with van der Waals surface area (Å²) in [6.07, 6.45) is 7.96. The Morgan fingerprint density at radius 2 is 2.10 bits per heavy atom. The molecule has 0 heterocycles. The zero-order chi connectivity index (χ0) is 15.0. The first-order valence-electron chi connectivity index (χ1n) is 7.35. The van der Waals surface area contributed by atoms with Crippen molar-refractivity contribution in [3.05, 3.63) is 11.6 Å². The van der Waals surface area contributed by atoms with E-state index in [9.17, 15) is 13.2 Å².